The minimum atomic E-state index is -3.58. The molecule has 0 aromatic heterocycles. The zero-order valence-corrected chi connectivity index (χ0v) is 14.7. The first-order chi connectivity index (χ1) is 12.3. The summed E-state index contributed by atoms with van der Waals surface area (Å²) in [5.41, 5.74) is -1.88. The summed E-state index contributed by atoms with van der Waals surface area (Å²) < 4.78 is 58.6. The molecule has 0 heterocycles. The molecule has 0 bridgehead atoms. The van der Waals surface area contributed by atoms with Crippen LogP contribution in [-0.2, 0) is 12.3 Å². The lowest BCUT2D eigenvalue weighted by Crippen LogP contribution is -2.38. The zero-order valence-electron chi connectivity index (χ0n) is 14.7. The largest absolute Gasteiger partial charge is 0.491 e. The van der Waals surface area contributed by atoms with Crippen LogP contribution in [0.4, 0.5) is 17.6 Å². The van der Waals surface area contributed by atoms with Gasteiger partial charge < -0.3 is 10.0 Å². The Bertz CT molecular complexity index is 710. The average molecular weight is 370 g/mol. The molecule has 0 atom stereocenters. The molecule has 0 unspecified atom stereocenters. The van der Waals surface area contributed by atoms with Gasteiger partial charge in [0.05, 0.1) is 5.56 Å². The third-order valence-electron chi connectivity index (χ3n) is 5.80. The SMILES string of the molecule is CCCC1CCC(C2=CCc3cc(B(O)O)c(F)c(F)c3C2(F)F)CC1. The van der Waals surface area contributed by atoms with E-state index in [4.69, 9.17) is 10.0 Å². The molecule has 2 N–H and O–H groups in total. The van der Waals surface area contributed by atoms with Crippen molar-refractivity contribution >= 4 is 12.6 Å². The minimum Gasteiger partial charge on any atom is -0.423 e. The van der Waals surface area contributed by atoms with Gasteiger partial charge in [-0.25, -0.2) is 8.78 Å². The van der Waals surface area contributed by atoms with Crippen molar-refractivity contribution in [2.45, 2.75) is 57.8 Å². The summed E-state index contributed by atoms with van der Waals surface area (Å²) in [6, 6.07) is 0.928. The molecule has 0 radical (unpaired) electrons. The summed E-state index contributed by atoms with van der Waals surface area (Å²) in [7, 11) is -2.25. The number of benzene rings is 1. The molecule has 0 aliphatic heterocycles. The standard InChI is InChI=1S/C19H23BF4O2/c1-2-3-11-4-6-12(7-5-11)14-9-8-13-10-15(20(25)26)17(21)18(22)16(13)19(14,23)24/h9-12,25-26H,2-8H2,1H3. The molecule has 3 rings (SSSR count). The summed E-state index contributed by atoms with van der Waals surface area (Å²) in [5.74, 6) is -6.65. The molecule has 0 saturated heterocycles. The van der Waals surface area contributed by atoms with E-state index in [0.717, 1.165) is 31.7 Å². The van der Waals surface area contributed by atoms with Crippen molar-refractivity contribution in [1.29, 1.82) is 0 Å². The molecular formula is C19H23BF4O2. The van der Waals surface area contributed by atoms with E-state index in [0.29, 0.717) is 18.8 Å². The normalized spacial score (nSPS) is 24.8. The van der Waals surface area contributed by atoms with Gasteiger partial charge in [-0.15, -0.1) is 0 Å². The molecule has 0 spiro atoms. The predicted molar refractivity (Wildman–Crippen MR) is 92.2 cm³/mol. The second kappa shape index (κ2) is 7.35. The van der Waals surface area contributed by atoms with Crippen LogP contribution >= 0.6 is 0 Å². The molecule has 1 aromatic carbocycles. The Kier molecular flexibility index (Phi) is 5.49. The molecule has 0 amide bonds. The number of hydrogen-bond acceptors (Lipinski definition) is 2. The fraction of sp³-hybridized carbons (Fsp3) is 0.579. The minimum absolute atomic E-state index is 0.0338. The van der Waals surface area contributed by atoms with Crippen molar-refractivity contribution < 1.29 is 27.6 Å². The van der Waals surface area contributed by atoms with Crippen LogP contribution in [0.2, 0.25) is 0 Å². The number of allylic oxidation sites excluding steroid dienone is 2. The van der Waals surface area contributed by atoms with Gasteiger partial charge in [0.1, 0.15) is 0 Å². The van der Waals surface area contributed by atoms with E-state index in [9.17, 15) is 8.78 Å². The van der Waals surface area contributed by atoms with Gasteiger partial charge >= 0.3 is 7.12 Å². The van der Waals surface area contributed by atoms with Gasteiger partial charge in [-0.05, 0) is 49.5 Å². The maximum atomic E-state index is 15.1. The fourth-order valence-electron chi connectivity index (χ4n) is 4.47. The topological polar surface area (TPSA) is 40.5 Å². The number of fused-ring (bicyclic) bond motifs is 1. The van der Waals surface area contributed by atoms with Gasteiger partial charge in [0.2, 0.25) is 0 Å². The molecule has 2 aliphatic rings. The highest BCUT2D eigenvalue weighted by Gasteiger charge is 2.47. The Morgan fingerprint density at radius 3 is 2.35 bits per heavy atom. The van der Waals surface area contributed by atoms with E-state index in [-0.39, 0.29) is 23.5 Å². The van der Waals surface area contributed by atoms with E-state index in [1.54, 1.807) is 0 Å². The molecule has 1 aromatic rings. The number of hydrogen-bond donors (Lipinski definition) is 2. The molecular weight excluding hydrogens is 347 g/mol. The maximum absolute atomic E-state index is 15.1. The van der Waals surface area contributed by atoms with Gasteiger partial charge in [-0.1, -0.05) is 31.9 Å². The van der Waals surface area contributed by atoms with Gasteiger partial charge in [-0.2, -0.15) is 8.78 Å². The average Bonchev–Trinajstić information content (AvgIpc) is 2.58. The summed E-state index contributed by atoms with van der Waals surface area (Å²) in [6.07, 6.45) is 6.65. The van der Waals surface area contributed by atoms with Gasteiger partial charge in [0.25, 0.3) is 5.92 Å². The Hall–Kier alpha value is -1.34. The summed E-state index contributed by atoms with van der Waals surface area (Å²) >= 11 is 0. The number of rotatable bonds is 4. The first kappa shape index (κ1) is 19.4. The van der Waals surface area contributed by atoms with Crippen molar-refractivity contribution in [3.8, 4) is 0 Å². The zero-order chi connectivity index (χ0) is 19.1. The van der Waals surface area contributed by atoms with E-state index in [1.165, 1.54) is 6.08 Å². The first-order valence-electron chi connectivity index (χ1n) is 9.23. The van der Waals surface area contributed by atoms with Crippen molar-refractivity contribution in [2.24, 2.45) is 11.8 Å². The van der Waals surface area contributed by atoms with Crippen molar-refractivity contribution in [3.05, 3.63) is 40.5 Å². The monoisotopic (exact) mass is 370 g/mol. The second-order valence-corrected chi connectivity index (χ2v) is 7.45. The van der Waals surface area contributed by atoms with Gasteiger partial charge in [0, 0.05) is 11.0 Å². The van der Waals surface area contributed by atoms with Crippen LogP contribution in [0.3, 0.4) is 0 Å². The lowest BCUT2D eigenvalue weighted by Gasteiger charge is -2.36. The highest BCUT2D eigenvalue weighted by atomic mass is 19.3. The van der Waals surface area contributed by atoms with Gasteiger partial charge in [-0.3, -0.25) is 0 Å². The summed E-state index contributed by atoms with van der Waals surface area (Å²) in [6.45, 7) is 2.11. The summed E-state index contributed by atoms with van der Waals surface area (Å²) in [4.78, 5) is 0. The van der Waals surface area contributed by atoms with E-state index in [2.05, 4.69) is 6.92 Å². The smallest absolute Gasteiger partial charge is 0.423 e. The lowest BCUT2D eigenvalue weighted by atomic mass is 9.71. The highest BCUT2D eigenvalue weighted by Crippen LogP contribution is 2.49. The Labute approximate surface area is 151 Å². The van der Waals surface area contributed by atoms with Crippen molar-refractivity contribution in [1.82, 2.24) is 0 Å². The van der Waals surface area contributed by atoms with Crippen molar-refractivity contribution in [3.63, 3.8) is 0 Å². The van der Waals surface area contributed by atoms with Crippen LogP contribution in [0.1, 0.15) is 56.6 Å². The van der Waals surface area contributed by atoms with E-state index in [1.807, 2.05) is 0 Å². The molecule has 142 valence electrons. The molecule has 1 fully saturated rings. The van der Waals surface area contributed by atoms with E-state index >= 15 is 8.78 Å². The lowest BCUT2D eigenvalue weighted by molar-refractivity contribution is 0.0140. The van der Waals surface area contributed by atoms with Crippen LogP contribution in [0.15, 0.2) is 17.7 Å². The predicted octanol–water partition coefficient (Wildman–Crippen LogP) is 3.83. The Morgan fingerprint density at radius 2 is 1.77 bits per heavy atom. The fourth-order valence-corrected chi connectivity index (χ4v) is 4.47. The third kappa shape index (κ3) is 3.31. The molecule has 26 heavy (non-hydrogen) atoms. The second-order valence-electron chi connectivity index (χ2n) is 7.45. The van der Waals surface area contributed by atoms with Crippen LogP contribution < -0.4 is 5.46 Å². The highest BCUT2D eigenvalue weighted by molar-refractivity contribution is 6.58. The number of halogens is 4. The van der Waals surface area contributed by atoms with Gasteiger partial charge in [0.15, 0.2) is 11.6 Å². The molecule has 2 nitrogen and oxygen atoms in total. The van der Waals surface area contributed by atoms with Crippen LogP contribution in [-0.4, -0.2) is 17.2 Å². The molecule has 7 heteroatoms. The third-order valence-corrected chi connectivity index (χ3v) is 5.80. The Balaban J connectivity index is 1.91. The van der Waals surface area contributed by atoms with Crippen LogP contribution in [0.25, 0.3) is 0 Å². The van der Waals surface area contributed by atoms with E-state index < -0.39 is 35.7 Å². The summed E-state index contributed by atoms with van der Waals surface area (Å²) in [5, 5.41) is 18.3. The molecule has 1 saturated carbocycles. The van der Waals surface area contributed by atoms with Crippen LogP contribution in [0.5, 0.6) is 0 Å². The molecule has 2 aliphatic carbocycles. The first-order valence-corrected chi connectivity index (χ1v) is 9.23. The Morgan fingerprint density at radius 1 is 1.12 bits per heavy atom. The maximum Gasteiger partial charge on any atom is 0.491 e. The van der Waals surface area contributed by atoms with Crippen LogP contribution in [0, 0.1) is 23.5 Å². The van der Waals surface area contributed by atoms with Crippen molar-refractivity contribution in [2.75, 3.05) is 0 Å². The number of alkyl halides is 2. The quantitative estimate of drug-likeness (QED) is 0.481.